The Bertz CT molecular complexity index is 649. The van der Waals surface area contributed by atoms with Gasteiger partial charge in [0.25, 0.3) is 0 Å². The van der Waals surface area contributed by atoms with E-state index in [0.717, 1.165) is 11.1 Å². The Morgan fingerprint density at radius 3 is 2.55 bits per heavy atom. The van der Waals surface area contributed by atoms with Crippen LogP contribution in [0, 0.1) is 6.92 Å². The maximum atomic E-state index is 11.8. The van der Waals surface area contributed by atoms with Crippen molar-refractivity contribution in [3.05, 3.63) is 59.2 Å². The fourth-order valence-electron chi connectivity index (χ4n) is 2.06. The number of rotatable bonds is 6. The lowest BCUT2D eigenvalue weighted by Gasteiger charge is -2.13. The first-order valence-corrected chi connectivity index (χ1v) is 7.18. The molecule has 4 nitrogen and oxygen atoms in total. The number of carbonyl (C=O) groups is 1. The van der Waals surface area contributed by atoms with Gasteiger partial charge in [0.2, 0.25) is 0 Å². The SMILES string of the molecule is CCOC(=O)c1ccc(OC)c(OCc2ccccc2C)c1. The second-order valence-electron chi connectivity index (χ2n) is 4.80. The van der Waals surface area contributed by atoms with Crippen LogP contribution in [0.25, 0.3) is 0 Å². The molecule has 0 atom stereocenters. The summed E-state index contributed by atoms with van der Waals surface area (Å²) in [5.41, 5.74) is 2.69. The predicted octanol–water partition coefficient (Wildman–Crippen LogP) is 3.76. The Morgan fingerprint density at radius 2 is 1.86 bits per heavy atom. The maximum absolute atomic E-state index is 11.8. The molecule has 0 heterocycles. The Morgan fingerprint density at radius 1 is 1.09 bits per heavy atom. The standard InChI is InChI=1S/C18H20O4/c1-4-21-18(19)14-9-10-16(20-3)17(11-14)22-12-15-8-6-5-7-13(15)2/h5-11H,4,12H2,1-3H3. The van der Waals surface area contributed by atoms with Crippen LogP contribution in [-0.4, -0.2) is 19.7 Å². The summed E-state index contributed by atoms with van der Waals surface area (Å²) >= 11 is 0. The highest BCUT2D eigenvalue weighted by molar-refractivity contribution is 5.90. The van der Waals surface area contributed by atoms with Crippen molar-refractivity contribution in [2.45, 2.75) is 20.5 Å². The van der Waals surface area contributed by atoms with Crippen LogP contribution in [0.2, 0.25) is 0 Å². The van der Waals surface area contributed by atoms with Crippen molar-refractivity contribution >= 4 is 5.97 Å². The molecule has 0 amide bonds. The lowest BCUT2D eigenvalue weighted by atomic mass is 10.1. The lowest BCUT2D eigenvalue weighted by Crippen LogP contribution is -2.06. The Balaban J connectivity index is 2.19. The normalized spacial score (nSPS) is 10.1. The molecule has 0 aromatic heterocycles. The summed E-state index contributed by atoms with van der Waals surface area (Å²) in [6, 6.07) is 13.0. The van der Waals surface area contributed by atoms with Gasteiger partial charge in [-0.1, -0.05) is 24.3 Å². The van der Waals surface area contributed by atoms with E-state index in [1.54, 1.807) is 32.2 Å². The van der Waals surface area contributed by atoms with Crippen LogP contribution in [0.15, 0.2) is 42.5 Å². The van der Waals surface area contributed by atoms with Gasteiger partial charge in [0.05, 0.1) is 19.3 Å². The molecular weight excluding hydrogens is 280 g/mol. The zero-order valence-electron chi connectivity index (χ0n) is 13.1. The predicted molar refractivity (Wildman–Crippen MR) is 84.5 cm³/mol. The van der Waals surface area contributed by atoms with Crippen molar-refractivity contribution in [2.24, 2.45) is 0 Å². The number of hydrogen-bond donors (Lipinski definition) is 0. The van der Waals surface area contributed by atoms with Crippen molar-refractivity contribution < 1.29 is 19.0 Å². The van der Waals surface area contributed by atoms with Gasteiger partial charge >= 0.3 is 5.97 Å². The molecule has 0 bridgehead atoms. The van der Waals surface area contributed by atoms with Crippen molar-refractivity contribution in [2.75, 3.05) is 13.7 Å². The van der Waals surface area contributed by atoms with E-state index in [2.05, 4.69) is 0 Å². The molecule has 0 saturated carbocycles. The zero-order chi connectivity index (χ0) is 15.9. The van der Waals surface area contributed by atoms with Gasteiger partial charge in [-0.3, -0.25) is 0 Å². The molecule has 0 N–H and O–H groups in total. The number of methoxy groups -OCH3 is 1. The number of hydrogen-bond acceptors (Lipinski definition) is 4. The summed E-state index contributed by atoms with van der Waals surface area (Å²) in [4.78, 5) is 11.8. The minimum absolute atomic E-state index is 0.338. The average Bonchev–Trinajstić information content (AvgIpc) is 2.54. The van der Waals surface area contributed by atoms with Crippen LogP contribution in [0.1, 0.15) is 28.4 Å². The summed E-state index contributed by atoms with van der Waals surface area (Å²) in [7, 11) is 1.57. The van der Waals surface area contributed by atoms with Crippen molar-refractivity contribution in [3.8, 4) is 11.5 Å². The average molecular weight is 300 g/mol. The topological polar surface area (TPSA) is 44.8 Å². The number of benzene rings is 2. The van der Waals surface area contributed by atoms with E-state index in [9.17, 15) is 4.79 Å². The minimum atomic E-state index is -0.370. The van der Waals surface area contributed by atoms with Crippen molar-refractivity contribution in [3.63, 3.8) is 0 Å². The third-order valence-electron chi connectivity index (χ3n) is 3.32. The number of esters is 1. The van der Waals surface area contributed by atoms with Gasteiger partial charge in [0, 0.05) is 0 Å². The van der Waals surface area contributed by atoms with E-state index < -0.39 is 0 Å². The zero-order valence-corrected chi connectivity index (χ0v) is 13.1. The second-order valence-corrected chi connectivity index (χ2v) is 4.80. The van der Waals surface area contributed by atoms with Gasteiger partial charge in [-0.2, -0.15) is 0 Å². The largest absolute Gasteiger partial charge is 0.493 e. The van der Waals surface area contributed by atoms with Crippen LogP contribution >= 0.6 is 0 Å². The number of carbonyl (C=O) groups excluding carboxylic acids is 1. The van der Waals surface area contributed by atoms with Crippen molar-refractivity contribution in [1.82, 2.24) is 0 Å². The maximum Gasteiger partial charge on any atom is 0.338 e. The van der Waals surface area contributed by atoms with Gasteiger partial charge in [0.15, 0.2) is 11.5 Å². The third-order valence-corrected chi connectivity index (χ3v) is 3.32. The molecular formula is C18H20O4. The van der Waals surface area contributed by atoms with Gasteiger partial charge in [0.1, 0.15) is 6.61 Å². The summed E-state index contributed by atoms with van der Waals surface area (Å²) < 4.78 is 16.1. The van der Waals surface area contributed by atoms with Crippen LogP contribution in [0.3, 0.4) is 0 Å². The van der Waals surface area contributed by atoms with Crippen LogP contribution in [-0.2, 0) is 11.3 Å². The van der Waals surface area contributed by atoms with Crippen LogP contribution < -0.4 is 9.47 Å². The third kappa shape index (κ3) is 3.79. The van der Waals surface area contributed by atoms with Gasteiger partial charge < -0.3 is 14.2 Å². The summed E-state index contributed by atoms with van der Waals surface area (Å²) in [5.74, 6) is 0.740. The van der Waals surface area contributed by atoms with E-state index in [0.29, 0.717) is 30.3 Å². The molecule has 0 aliphatic heterocycles. The molecule has 0 aliphatic rings. The Labute approximate surface area is 130 Å². The Hall–Kier alpha value is -2.49. The summed E-state index contributed by atoms with van der Waals surface area (Å²) in [6.07, 6.45) is 0. The first kappa shape index (κ1) is 15.9. The minimum Gasteiger partial charge on any atom is -0.493 e. The quantitative estimate of drug-likeness (QED) is 0.762. The molecule has 0 unspecified atom stereocenters. The molecule has 0 saturated heterocycles. The fourth-order valence-corrected chi connectivity index (χ4v) is 2.06. The van der Waals surface area contributed by atoms with E-state index in [4.69, 9.17) is 14.2 Å². The second kappa shape index (κ2) is 7.50. The first-order chi connectivity index (χ1) is 10.7. The monoisotopic (exact) mass is 300 g/mol. The van der Waals surface area contributed by atoms with E-state index in [1.165, 1.54) is 0 Å². The molecule has 0 radical (unpaired) electrons. The Kier molecular flexibility index (Phi) is 5.42. The van der Waals surface area contributed by atoms with Gasteiger partial charge in [-0.15, -0.1) is 0 Å². The molecule has 0 aliphatic carbocycles. The van der Waals surface area contributed by atoms with E-state index in [1.807, 2.05) is 31.2 Å². The molecule has 0 fully saturated rings. The van der Waals surface area contributed by atoms with E-state index in [-0.39, 0.29) is 5.97 Å². The molecule has 0 spiro atoms. The fraction of sp³-hybridized carbons (Fsp3) is 0.278. The molecule has 2 aromatic carbocycles. The molecule has 2 aromatic rings. The van der Waals surface area contributed by atoms with Gasteiger partial charge in [-0.05, 0) is 43.2 Å². The summed E-state index contributed by atoms with van der Waals surface area (Å²) in [5, 5.41) is 0. The molecule has 22 heavy (non-hydrogen) atoms. The van der Waals surface area contributed by atoms with Crippen molar-refractivity contribution in [1.29, 1.82) is 0 Å². The summed E-state index contributed by atoms with van der Waals surface area (Å²) in [6.45, 7) is 4.56. The highest BCUT2D eigenvalue weighted by Gasteiger charge is 2.12. The number of aryl methyl sites for hydroxylation is 1. The highest BCUT2D eigenvalue weighted by Crippen LogP contribution is 2.29. The van der Waals surface area contributed by atoms with Crippen LogP contribution in [0.5, 0.6) is 11.5 Å². The highest BCUT2D eigenvalue weighted by atomic mass is 16.5. The first-order valence-electron chi connectivity index (χ1n) is 7.18. The molecule has 2 rings (SSSR count). The van der Waals surface area contributed by atoms with Gasteiger partial charge in [-0.25, -0.2) is 4.79 Å². The molecule has 4 heteroatoms. The van der Waals surface area contributed by atoms with E-state index >= 15 is 0 Å². The molecule has 116 valence electrons. The smallest absolute Gasteiger partial charge is 0.338 e. The lowest BCUT2D eigenvalue weighted by molar-refractivity contribution is 0.0525. The number of ether oxygens (including phenoxy) is 3. The van der Waals surface area contributed by atoms with Crippen LogP contribution in [0.4, 0.5) is 0 Å².